The lowest BCUT2D eigenvalue weighted by molar-refractivity contribution is -0.119. The zero-order valence-electron chi connectivity index (χ0n) is 22.8. The van der Waals surface area contributed by atoms with E-state index in [0.717, 1.165) is 9.87 Å². The van der Waals surface area contributed by atoms with Crippen molar-refractivity contribution in [1.29, 1.82) is 0 Å². The first-order chi connectivity index (χ1) is 19.9. The van der Waals surface area contributed by atoms with Crippen LogP contribution in [0.2, 0.25) is 0 Å². The average molecular weight is 574 g/mol. The summed E-state index contributed by atoms with van der Waals surface area (Å²) in [6.07, 6.45) is 1.45. The normalized spacial score (nSPS) is 11.2. The van der Waals surface area contributed by atoms with Gasteiger partial charge in [-0.1, -0.05) is 48.5 Å². The van der Waals surface area contributed by atoms with Crippen molar-refractivity contribution in [3.63, 3.8) is 0 Å². The smallest absolute Gasteiger partial charge is 0.264 e. The lowest BCUT2D eigenvalue weighted by atomic mass is 10.2. The van der Waals surface area contributed by atoms with Gasteiger partial charge in [0.05, 0.1) is 30.5 Å². The Bertz CT molecular complexity index is 1560. The standard InChI is InChI=1S/C31H31N3O6S/c1-3-39-30-20-25(14-19-29(30)40-23-24-10-6-4-7-11-24)21-32-33-31(35)22-34(26-15-17-27(38-2)18-16-26)41(36,37)28-12-8-5-9-13-28/h4-21H,3,22-23H2,1-2H3,(H,33,35)/b32-21+. The predicted octanol–water partition coefficient (Wildman–Crippen LogP) is 5.02. The van der Waals surface area contributed by atoms with Crippen molar-refractivity contribution >= 4 is 27.8 Å². The number of amides is 1. The minimum absolute atomic E-state index is 0.0603. The number of nitrogens with zero attached hydrogens (tertiary/aromatic N) is 2. The number of hydrogen-bond acceptors (Lipinski definition) is 7. The largest absolute Gasteiger partial charge is 0.497 e. The van der Waals surface area contributed by atoms with E-state index in [1.54, 1.807) is 60.7 Å². The van der Waals surface area contributed by atoms with E-state index in [4.69, 9.17) is 14.2 Å². The van der Waals surface area contributed by atoms with Crippen LogP contribution in [0.3, 0.4) is 0 Å². The fraction of sp³-hybridized carbons (Fsp3) is 0.161. The van der Waals surface area contributed by atoms with E-state index in [1.165, 1.54) is 25.5 Å². The molecule has 0 aliphatic rings. The molecule has 0 atom stereocenters. The zero-order valence-corrected chi connectivity index (χ0v) is 23.6. The zero-order chi connectivity index (χ0) is 29.1. The van der Waals surface area contributed by atoms with E-state index in [1.807, 2.05) is 37.3 Å². The Morgan fingerprint density at radius 3 is 2.22 bits per heavy atom. The van der Waals surface area contributed by atoms with E-state index in [-0.39, 0.29) is 4.90 Å². The summed E-state index contributed by atoms with van der Waals surface area (Å²) >= 11 is 0. The highest BCUT2D eigenvalue weighted by molar-refractivity contribution is 7.92. The Labute approximate surface area is 240 Å². The molecule has 0 aliphatic carbocycles. The first-order valence-corrected chi connectivity index (χ1v) is 14.3. The van der Waals surface area contributed by atoms with Gasteiger partial charge < -0.3 is 14.2 Å². The summed E-state index contributed by atoms with van der Waals surface area (Å²) in [7, 11) is -2.52. The minimum atomic E-state index is -4.04. The van der Waals surface area contributed by atoms with Crippen LogP contribution < -0.4 is 23.9 Å². The van der Waals surface area contributed by atoms with Gasteiger partial charge in [0.2, 0.25) is 0 Å². The molecule has 9 nitrogen and oxygen atoms in total. The van der Waals surface area contributed by atoms with Gasteiger partial charge in [0.25, 0.3) is 15.9 Å². The third kappa shape index (κ3) is 7.86. The molecule has 0 fully saturated rings. The molecule has 0 aromatic heterocycles. The van der Waals surface area contributed by atoms with Crippen molar-refractivity contribution < 1.29 is 27.4 Å². The molecular formula is C31H31N3O6S. The Kier molecular flexibility index (Phi) is 9.95. The molecule has 0 saturated heterocycles. The van der Waals surface area contributed by atoms with Gasteiger partial charge in [-0.15, -0.1) is 0 Å². The fourth-order valence-corrected chi connectivity index (χ4v) is 5.30. The van der Waals surface area contributed by atoms with Crippen LogP contribution in [-0.2, 0) is 21.4 Å². The van der Waals surface area contributed by atoms with Gasteiger partial charge in [-0.2, -0.15) is 5.10 Å². The van der Waals surface area contributed by atoms with Crippen LogP contribution in [0.1, 0.15) is 18.1 Å². The molecule has 0 spiro atoms. The lowest BCUT2D eigenvalue weighted by Crippen LogP contribution is -2.39. The molecule has 4 aromatic carbocycles. The van der Waals surface area contributed by atoms with Crippen molar-refractivity contribution in [1.82, 2.24) is 5.43 Å². The number of hydrazone groups is 1. The van der Waals surface area contributed by atoms with Crippen molar-refractivity contribution in [2.24, 2.45) is 5.10 Å². The molecule has 0 aliphatic heterocycles. The number of hydrogen-bond donors (Lipinski definition) is 1. The van der Waals surface area contributed by atoms with Crippen LogP contribution >= 0.6 is 0 Å². The van der Waals surface area contributed by atoms with E-state index in [9.17, 15) is 13.2 Å². The molecule has 1 N–H and O–H groups in total. The Morgan fingerprint density at radius 1 is 0.878 bits per heavy atom. The summed E-state index contributed by atoms with van der Waals surface area (Å²) in [4.78, 5) is 12.9. The molecule has 212 valence electrons. The molecule has 10 heteroatoms. The molecule has 0 unspecified atom stereocenters. The number of nitrogens with one attached hydrogen (secondary N) is 1. The molecule has 0 heterocycles. The number of anilines is 1. The number of ether oxygens (including phenoxy) is 3. The van der Waals surface area contributed by atoms with E-state index in [2.05, 4.69) is 10.5 Å². The summed E-state index contributed by atoms with van der Waals surface area (Å²) in [6, 6.07) is 29.4. The number of benzene rings is 4. The van der Waals surface area contributed by atoms with Gasteiger partial charge in [-0.25, -0.2) is 13.8 Å². The first-order valence-electron chi connectivity index (χ1n) is 12.9. The SMILES string of the molecule is CCOc1cc(/C=N/NC(=O)CN(c2ccc(OC)cc2)S(=O)(=O)c2ccccc2)ccc1OCc1ccccc1. The van der Waals surface area contributed by atoms with Crippen molar-refractivity contribution in [2.75, 3.05) is 24.6 Å². The van der Waals surface area contributed by atoms with Crippen LogP contribution in [0.25, 0.3) is 0 Å². The summed E-state index contributed by atoms with van der Waals surface area (Å²) in [5.74, 6) is 1.06. The maximum atomic E-state index is 13.4. The second kappa shape index (κ2) is 14.0. The highest BCUT2D eigenvalue weighted by Crippen LogP contribution is 2.29. The van der Waals surface area contributed by atoms with Crippen LogP contribution in [0.15, 0.2) is 113 Å². The molecule has 4 aromatic rings. The van der Waals surface area contributed by atoms with Crippen LogP contribution in [0.4, 0.5) is 5.69 Å². The average Bonchev–Trinajstić information content (AvgIpc) is 3.00. The second-order valence-electron chi connectivity index (χ2n) is 8.73. The number of carbonyl (C=O) groups is 1. The topological polar surface area (TPSA) is 107 Å². The van der Waals surface area contributed by atoms with Crippen LogP contribution in [-0.4, -0.2) is 40.8 Å². The number of carbonyl (C=O) groups excluding carboxylic acids is 1. The van der Waals surface area contributed by atoms with Crippen LogP contribution in [0, 0.1) is 0 Å². The van der Waals surface area contributed by atoms with Gasteiger partial charge in [0.15, 0.2) is 11.5 Å². The number of methoxy groups -OCH3 is 1. The van der Waals surface area contributed by atoms with E-state index >= 15 is 0 Å². The quantitative estimate of drug-likeness (QED) is 0.178. The van der Waals surface area contributed by atoms with Crippen LogP contribution in [0.5, 0.6) is 17.2 Å². The molecular weight excluding hydrogens is 542 g/mol. The van der Waals surface area contributed by atoms with Crippen molar-refractivity contribution in [3.8, 4) is 17.2 Å². The Balaban J connectivity index is 1.46. The highest BCUT2D eigenvalue weighted by Gasteiger charge is 2.27. The van der Waals surface area contributed by atoms with Gasteiger partial charge in [0, 0.05) is 0 Å². The predicted molar refractivity (Wildman–Crippen MR) is 158 cm³/mol. The molecule has 0 bridgehead atoms. The summed E-state index contributed by atoms with van der Waals surface area (Å²) in [5.41, 5.74) is 4.41. The molecule has 41 heavy (non-hydrogen) atoms. The Hall–Kier alpha value is -4.83. The lowest BCUT2D eigenvalue weighted by Gasteiger charge is -2.23. The maximum Gasteiger partial charge on any atom is 0.264 e. The highest BCUT2D eigenvalue weighted by atomic mass is 32.2. The minimum Gasteiger partial charge on any atom is -0.497 e. The van der Waals surface area contributed by atoms with Crippen molar-refractivity contribution in [3.05, 3.63) is 114 Å². The fourth-order valence-electron chi connectivity index (χ4n) is 3.86. The monoisotopic (exact) mass is 573 g/mol. The molecule has 4 rings (SSSR count). The third-order valence-electron chi connectivity index (χ3n) is 5.89. The molecule has 1 amide bonds. The van der Waals surface area contributed by atoms with E-state index in [0.29, 0.717) is 41.7 Å². The molecule has 0 radical (unpaired) electrons. The molecule has 0 saturated carbocycles. The number of sulfonamides is 1. The van der Waals surface area contributed by atoms with Gasteiger partial charge in [-0.3, -0.25) is 9.10 Å². The number of rotatable bonds is 13. The van der Waals surface area contributed by atoms with Gasteiger partial charge in [-0.05, 0) is 72.6 Å². The third-order valence-corrected chi connectivity index (χ3v) is 7.67. The summed E-state index contributed by atoms with van der Waals surface area (Å²) in [5, 5.41) is 4.03. The summed E-state index contributed by atoms with van der Waals surface area (Å²) < 4.78 is 44.8. The second-order valence-corrected chi connectivity index (χ2v) is 10.6. The van der Waals surface area contributed by atoms with Gasteiger partial charge in [0.1, 0.15) is 18.9 Å². The summed E-state index contributed by atoms with van der Waals surface area (Å²) in [6.45, 7) is 2.22. The van der Waals surface area contributed by atoms with Gasteiger partial charge >= 0.3 is 0 Å². The Morgan fingerprint density at radius 2 is 1.56 bits per heavy atom. The van der Waals surface area contributed by atoms with Crippen molar-refractivity contribution in [2.45, 2.75) is 18.4 Å². The van der Waals surface area contributed by atoms with E-state index < -0.39 is 22.5 Å². The first kappa shape index (κ1) is 29.2. The maximum absolute atomic E-state index is 13.4.